The standard InChI is InChI=1S/C22H22ClF3N2O3/c1-20(2,13-7-8-15(23)18(9-13)31-3)11-21(30,22(24,25)26)12-27-16-5-4-6-17-14(16)10-19(29)28-17/h4-9,12,30H,10-11H2,1-3H3,(H,28,29)/b27-12+. The molecule has 1 unspecified atom stereocenters. The third-order valence-electron chi connectivity index (χ3n) is 5.31. The van der Waals surface area contributed by atoms with Crippen molar-refractivity contribution in [3.8, 4) is 5.75 Å². The van der Waals surface area contributed by atoms with Crippen LogP contribution in [0.1, 0.15) is 31.4 Å². The van der Waals surface area contributed by atoms with Gasteiger partial charge in [-0.15, -0.1) is 0 Å². The molecule has 0 saturated carbocycles. The van der Waals surface area contributed by atoms with E-state index in [0.717, 1.165) is 0 Å². The van der Waals surface area contributed by atoms with E-state index in [9.17, 15) is 23.1 Å². The number of methoxy groups -OCH3 is 1. The molecule has 0 bridgehead atoms. The minimum atomic E-state index is -4.98. The number of ether oxygens (including phenoxy) is 1. The fraction of sp³-hybridized carbons (Fsp3) is 0.364. The van der Waals surface area contributed by atoms with Crippen LogP contribution < -0.4 is 10.1 Å². The van der Waals surface area contributed by atoms with Gasteiger partial charge in [0.2, 0.25) is 5.91 Å². The Morgan fingerprint density at radius 3 is 2.61 bits per heavy atom. The molecular formula is C22H22ClF3N2O3. The van der Waals surface area contributed by atoms with Gasteiger partial charge in [0, 0.05) is 17.5 Å². The lowest BCUT2D eigenvalue weighted by atomic mass is 9.75. The first-order valence-electron chi connectivity index (χ1n) is 9.46. The highest BCUT2D eigenvalue weighted by Crippen LogP contribution is 2.42. The van der Waals surface area contributed by atoms with Gasteiger partial charge < -0.3 is 15.2 Å². The molecule has 2 aromatic rings. The molecule has 0 saturated heterocycles. The van der Waals surface area contributed by atoms with Crippen LogP contribution >= 0.6 is 11.6 Å². The van der Waals surface area contributed by atoms with E-state index in [1.165, 1.54) is 19.2 Å². The Morgan fingerprint density at radius 1 is 1.26 bits per heavy atom. The Hall–Kier alpha value is -2.58. The molecule has 2 N–H and O–H groups in total. The number of hydrogen-bond donors (Lipinski definition) is 2. The second-order valence-electron chi connectivity index (χ2n) is 8.12. The van der Waals surface area contributed by atoms with Gasteiger partial charge in [-0.1, -0.05) is 37.6 Å². The lowest BCUT2D eigenvalue weighted by Crippen LogP contribution is -2.50. The molecule has 3 rings (SSSR count). The van der Waals surface area contributed by atoms with Crippen LogP contribution in [0.5, 0.6) is 5.75 Å². The van der Waals surface area contributed by atoms with Gasteiger partial charge in [-0.3, -0.25) is 9.79 Å². The van der Waals surface area contributed by atoms with Gasteiger partial charge in [0.05, 0.1) is 24.2 Å². The zero-order chi connectivity index (χ0) is 23.0. The number of nitrogens with zero attached hydrogens (tertiary/aromatic N) is 1. The fourth-order valence-electron chi connectivity index (χ4n) is 3.61. The van der Waals surface area contributed by atoms with Gasteiger partial charge in [0.1, 0.15) is 5.75 Å². The maximum atomic E-state index is 13.9. The van der Waals surface area contributed by atoms with Crippen molar-refractivity contribution < 1.29 is 27.8 Å². The number of carbonyl (C=O) groups excluding carboxylic acids is 1. The highest BCUT2D eigenvalue weighted by atomic mass is 35.5. The van der Waals surface area contributed by atoms with E-state index >= 15 is 0 Å². The van der Waals surface area contributed by atoms with Crippen molar-refractivity contribution in [1.29, 1.82) is 0 Å². The molecule has 5 nitrogen and oxygen atoms in total. The number of aliphatic hydroxyl groups is 1. The second-order valence-corrected chi connectivity index (χ2v) is 8.53. The molecule has 0 aromatic heterocycles. The molecule has 1 aliphatic heterocycles. The van der Waals surface area contributed by atoms with Crippen LogP contribution in [0.3, 0.4) is 0 Å². The minimum absolute atomic E-state index is 0.0172. The van der Waals surface area contributed by atoms with Crippen LogP contribution in [-0.2, 0) is 16.6 Å². The first-order chi connectivity index (χ1) is 14.4. The molecule has 31 heavy (non-hydrogen) atoms. The highest BCUT2D eigenvalue weighted by Gasteiger charge is 2.55. The van der Waals surface area contributed by atoms with Crippen LogP contribution in [0.25, 0.3) is 0 Å². The molecular weight excluding hydrogens is 433 g/mol. The summed E-state index contributed by atoms with van der Waals surface area (Å²) in [6, 6.07) is 9.41. The average Bonchev–Trinajstić information content (AvgIpc) is 3.06. The third-order valence-corrected chi connectivity index (χ3v) is 5.63. The van der Waals surface area contributed by atoms with E-state index in [1.807, 2.05) is 0 Å². The largest absolute Gasteiger partial charge is 0.495 e. The van der Waals surface area contributed by atoms with Crippen LogP contribution in [0.15, 0.2) is 41.4 Å². The van der Waals surface area contributed by atoms with Crippen molar-refractivity contribution in [3.63, 3.8) is 0 Å². The van der Waals surface area contributed by atoms with E-state index in [-0.39, 0.29) is 18.0 Å². The Kier molecular flexibility index (Phi) is 6.08. The molecule has 0 fully saturated rings. The van der Waals surface area contributed by atoms with Gasteiger partial charge in [-0.25, -0.2) is 0 Å². The summed E-state index contributed by atoms with van der Waals surface area (Å²) >= 11 is 6.02. The van der Waals surface area contributed by atoms with Crippen LogP contribution in [0, 0.1) is 0 Å². The first-order valence-corrected chi connectivity index (χ1v) is 9.84. The van der Waals surface area contributed by atoms with E-state index in [0.29, 0.717) is 33.8 Å². The summed E-state index contributed by atoms with van der Waals surface area (Å²) in [5.74, 6) is 0.0648. The molecule has 1 amide bonds. The van der Waals surface area contributed by atoms with Crippen molar-refractivity contribution in [2.75, 3.05) is 12.4 Å². The molecule has 1 heterocycles. The van der Waals surface area contributed by atoms with E-state index in [2.05, 4.69) is 10.3 Å². The summed E-state index contributed by atoms with van der Waals surface area (Å²) in [4.78, 5) is 15.6. The lowest BCUT2D eigenvalue weighted by Gasteiger charge is -2.35. The van der Waals surface area contributed by atoms with E-state index < -0.39 is 23.6 Å². The highest BCUT2D eigenvalue weighted by molar-refractivity contribution is 6.32. The predicted octanol–water partition coefficient (Wildman–Crippen LogP) is 5.21. The number of nitrogens with one attached hydrogen (secondary N) is 1. The molecule has 0 aliphatic carbocycles. The summed E-state index contributed by atoms with van der Waals surface area (Å²) in [7, 11) is 1.41. The second kappa shape index (κ2) is 8.16. The predicted molar refractivity (Wildman–Crippen MR) is 114 cm³/mol. The first kappa shape index (κ1) is 23.1. The molecule has 1 atom stereocenters. The quantitative estimate of drug-likeness (QED) is 0.589. The van der Waals surface area contributed by atoms with Crippen molar-refractivity contribution in [2.24, 2.45) is 4.99 Å². The smallest absolute Gasteiger partial charge is 0.422 e. The molecule has 9 heteroatoms. The van der Waals surface area contributed by atoms with Crippen LogP contribution in [0.4, 0.5) is 24.5 Å². The molecule has 0 spiro atoms. The molecule has 1 aliphatic rings. The normalized spacial score (nSPS) is 16.2. The number of alkyl halides is 3. The third kappa shape index (κ3) is 4.70. The fourth-order valence-corrected chi connectivity index (χ4v) is 3.80. The Morgan fingerprint density at radius 2 is 1.97 bits per heavy atom. The van der Waals surface area contributed by atoms with Crippen LogP contribution in [0.2, 0.25) is 5.02 Å². The van der Waals surface area contributed by atoms with Gasteiger partial charge in [-0.2, -0.15) is 13.2 Å². The number of halogens is 4. The number of amides is 1. The van der Waals surface area contributed by atoms with Crippen molar-refractivity contribution in [3.05, 3.63) is 52.5 Å². The average molecular weight is 455 g/mol. The van der Waals surface area contributed by atoms with Gasteiger partial charge in [-0.05, 0) is 41.7 Å². The van der Waals surface area contributed by atoms with Gasteiger partial charge in [0.15, 0.2) is 5.60 Å². The van der Waals surface area contributed by atoms with Gasteiger partial charge in [0.25, 0.3) is 0 Å². The number of aliphatic imine (C=N–C) groups is 1. The summed E-state index contributed by atoms with van der Waals surface area (Å²) in [5.41, 5.74) is -2.60. The number of fused-ring (bicyclic) bond motifs is 1. The Labute approximate surface area is 182 Å². The van der Waals surface area contributed by atoms with Crippen molar-refractivity contribution in [1.82, 2.24) is 0 Å². The van der Waals surface area contributed by atoms with Crippen LogP contribution in [-0.4, -0.2) is 36.1 Å². The topological polar surface area (TPSA) is 70.9 Å². The molecule has 2 aromatic carbocycles. The lowest BCUT2D eigenvalue weighted by molar-refractivity contribution is -0.234. The zero-order valence-electron chi connectivity index (χ0n) is 17.2. The monoisotopic (exact) mass is 454 g/mol. The maximum absolute atomic E-state index is 13.9. The van der Waals surface area contributed by atoms with E-state index in [4.69, 9.17) is 16.3 Å². The number of carbonyl (C=O) groups is 1. The minimum Gasteiger partial charge on any atom is -0.495 e. The molecule has 166 valence electrons. The summed E-state index contributed by atoms with van der Waals surface area (Å²) in [6.07, 6.45) is -5.13. The maximum Gasteiger partial charge on any atom is 0.422 e. The number of hydrogen-bond acceptors (Lipinski definition) is 4. The number of rotatable bonds is 6. The summed E-state index contributed by atoms with van der Waals surface area (Å²) in [5, 5.41) is 13.6. The Bertz CT molecular complexity index is 1040. The number of benzene rings is 2. The Balaban J connectivity index is 1.96. The van der Waals surface area contributed by atoms with Crippen molar-refractivity contribution >= 4 is 35.1 Å². The number of anilines is 1. The zero-order valence-corrected chi connectivity index (χ0v) is 17.9. The van der Waals surface area contributed by atoms with Crippen molar-refractivity contribution in [2.45, 2.75) is 43.9 Å². The summed E-state index contributed by atoms with van der Waals surface area (Å²) in [6.45, 7) is 3.17. The van der Waals surface area contributed by atoms with E-state index in [1.54, 1.807) is 38.1 Å². The SMILES string of the molecule is COc1cc(C(C)(C)CC(O)(/C=N/c2cccc3c2CC(=O)N3)C(F)(F)F)ccc1Cl. The summed E-state index contributed by atoms with van der Waals surface area (Å²) < 4.78 is 47.0. The molecule has 0 radical (unpaired) electrons. The van der Waals surface area contributed by atoms with Gasteiger partial charge >= 0.3 is 6.18 Å².